The maximum Gasteiger partial charge on any atom is 0.177 e. The number of ether oxygens (including phenoxy) is 1. The van der Waals surface area contributed by atoms with Crippen LogP contribution in [0.3, 0.4) is 0 Å². The fraction of sp³-hybridized carbons (Fsp3) is 0.571. The quantitative estimate of drug-likeness (QED) is 0.899. The van der Waals surface area contributed by atoms with Crippen molar-refractivity contribution in [2.24, 2.45) is 7.05 Å². The smallest absolute Gasteiger partial charge is 0.177 e. The molecular formula is C14H20N4O. The van der Waals surface area contributed by atoms with E-state index in [1.54, 1.807) is 6.20 Å². The van der Waals surface area contributed by atoms with E-state index in [1.807, 2.05) is 19.2 Å². The SMILES string of the molecule is Cn1c(CCOC2CCNCC2)nc2ncccc21. The van der Waals surface area contributed by atoms with Gasteiger partial charge in [0.1, 0.15) is 5.82 Å². The lowest BCUT2D eigenvalue weighted by atomic mass is 10.1. The number of nitrogens with one attached hydrogen (secondary N) is 1. The van der Waals surface area contributed by atoms with Gasteiger partial charge in [-0.2, -0.15) is 0 Å². The molecule has 1 saturated heterocycles. The van der Waals surface area contributed by atoms with E-state index in [0.717, 1.165) is 55.9 Å². The van der Waals surface area contributed by atoms with E-state index in [-0.39, 0.29) is 0 Å². The van der Waals surface area contributed by atoms with E-state index >= 15 is 0 Å². The highest BCUT2D eigenvalue weighted by molar-refractivity contribution is 5.71. The Bertz CT molecular complexity index is 545. The number of pyridine rings is 1. The number of hydrogen-bond acceptors (Lipinski definition) is 4. The van der Waals surface area contributed by atoms with Crippen LogP contribution in [0.25, 0.3) is 11.2 Å². The topological polar surface area (TPSA) is 52.0 Å². The van der Waals surface area contributed by atoms with Crippen LogP contribution < -0.4 is 5.32 Å². The monoisotopic (exact) mass is 260 g/mol. The Morgan fingerprint density at radius 2 is 2.26 bits per heavy atom. The maximum absolute atomic E-state index is 5.92. The molecule has 3 heterocycles. The number of piperidine rings is 1. The van der Waals surface area contributed by atoms with Crippen LogP contribution in [0.4, 0.5) is 0 Å². The van der Waals surface area contributed by atoms with Crippen molar-refractivity contribution in [3.05, 3.63) is 24.2 Å². The first-order valence-electron chi connectivity index (χ1n) is 6.93. The van der Waals surface area contributed by atoms with E-state index in [0.29, 0.717) is 6.10 Å². The van der Waals surface area contributed by atoms with Crippen molar-refractivity contribution in [3.8, 4) is 0 Å². The summed E-state index contributed by atoms with van der Waals surface area (Å²) in [7, 11) is 2.04. The summed E-state index contributed by atoms with van der Waals surface area (Å²) in [4.78, 5) is 8.83. The van der Waals surface area contributed by atoms with Crippen LogP contribution in [0, 0.1) is 0 Å². The molecule has 102 valence electrons. The molecule has 1 N–H and O–H groups in total. The van der Waals surface area contributed by atoms with Crippen LogP contribution in [-0.4, -0.2) is 40.3 Å². The first-order valence-corrected chi connectivity index (χ1v) is 6.93. The highest BCUT2D eigenvalue weighted by Crippen LogP contribution is 2.13. The molecule has 5 nitrogen and oxygen atoms in total. The Morgan fingerprint density at radius 3 is 3.05 bits per heavy atom. The number of rotatable bonds is 4. The van der Waals surface area contributed by atoms with Crippen LogP contribution >= 0.6 is 0 Å². The fourth-order valence-corrected chi connectivity index (χ4v) is 2.58. The zero-order valence-electron chi connectivity index (χ0n) is 11.3. The normalized spacial score (nSPS) is 17.1. The summed E-state index contributed by atoms with van der Waals surface area (Å²) in [5, 5.41) is 3.34. The van der Waals surface area contributed by atoms with E-state index in [2.05, 4.69) is 19.9 Å². The Morgan fingerprint density at radius 1 is 1.42 bits per heavy atom. The van der Waals surface area contributed by atoms with E-state index in [1.165, 1.54) is 0 Å². The molecule has 1 aliphatic rings. The van der Waals surface area contributed by atoms with E-state index < -0.39 is 0 Å². The highest BCUT2D eigenvalue weighted by Gasteiger charge is 2.14. The third-order valence-electron chi connectivity index (χ3n) is 3.71. The molecule has 0 unspecified atom stereocenters. The van der Waals surface area contributed by atoms with Crippen molar-refractivity contribution < 1.29 is 4.74 Å². The number of imidazole rings is 1. The summed E-state index contributed by atoms with van der Waals surface area (Å²) in [6.07, 6.45) is 5.27. The standard InChI is InChI=1S/C14H20N4O/c1-18-12-3-2-7-16-14(12)17-13(18)6-10-19-11-4-8-15-9-5-11/h2-3,7,11,15H,4-6,8-10H2,1H3. The van der Waals surface area contributed by atoms with Crippen molar-refractivity contribution in [3.63, 3.8) is 0 Å². The van der Waals surface area contributed by atoms with Crippen molar-refractivity contribution in [1.29, 1.82) is 0 Å². The van der Waals surface area contributed by atoms with Gasteiger partial charge in [-0.15, -0.1) is 0 Å². The van der Waals surface area contributed by atoms with Gasteiger partial charge >= 0.3 is 0 Å². The second-order valence-electron chi connectivity index (χ2n) is 5.00. The summed E-state index contributed by atoms with van der Waals surface area (Å²) in [5.41, 5.74) is 1.90. The van der Waals surface area contributed by atoms with Crippen LogP contribution in [-0.2, 0) is 18.2 Å². The summed E-state index contributed by atoms with van der Waals surface area (Å²) in [6, 6.07) is 3.99. The zero-order valence-corrected chi connectivity index (χ0v) is 11.3. The second kappa shape index (κ2) is 5.67. The Hall–Kier alpha value is -1.46. The predicted octanol–water partition coefficient (Wildman–Crippen LogP) is 1.28. The van der Waals surface area contributed by atoms with Crippen molar-refractivity contribution in [1.82, 2.24) is 19.9 Å². The largest absolute Gasteiger partial charge is 0.378 e. The molecule has 0 amide bonds. The Labute approximate surface area is 113 Å². The molecule has 0 saturated carbocycles. The summed E-state index contributed by atoms with van der Waals surface area (Å²) in [6.45, 7) is 2.88. The van der Waals surface area contributed by atoms with Gasteiger partial charge in [-0.1, -0.05) is 0 Å². The van der Waals surface area contributed by atoms with Gasteiger partial charge in [0, 0.05) is 19.7 Å². The van der Waals surface area contributed by atoms with Gasteiger partial charge in [-0.3, -0.25) is 0 Å². The third kappa shape index (κ3) is 2.77. The highest BCUT2D eigenvalue weighted by atomic mass is 16.5. The van der Waals surface area contributed by atoms with Gasteiger partial charge in [-0.25, -0.2) is 9.97 Å². The number of aryl methyl sites for hydroxylation is 1. The second-order valence-corrected chi connectivity index (χ2v) is 5.00. The van der Waals surface area contributed by atoms with Gasteiger partial charge in [0.2, 0.25) is 0 Å². The molecule has 5 heteroatoms. The van der Waals surface area contributed by atoms with Crippen LogP contribution in [0.2, 0.25) is 0 Å². The molecule has 0 bridgehead atoms. The Kier molecular flexibility index (Phi) is 3.75. The molecule has 0 spiro atoms. The molecule has 19 heavy (non-hydrogen) atoms. The summed E-state index contributed by atoms with van der Waals surface area (Å²) in [5.74, 6) is 1.04. The van der Waals surface area contributed by atoms with Gasteiger partial charge in [0.25, 0.3) is 0 Å². The lowest BCUT2D eigenvalue weighted by Gasteiger charge is -2.22. The minimum atomic E-state index is 0.411. The molecule has 1 fully saturated rings. The lowest BCUT2D eigenvalue weighted by molar-refractivity contribution is 0.0340. The minimum absolute atomic E-state index is 0.411. The van der Waals surface area contributed by atoms with Gasteiger partial charge in [0.05, 0.1) is 18.2 Å². The van der Waals surface area contributed by atoms with Crippen molar-refractivity contribution >= 4 is 11.2 Å². The fourth-order valence-electron chi connectivity index (χ4n) is 2.58. The number of nitrogens with zero attached hydrogens (tertiary/aromatic N) is 3. The van der Waals surface area contributed by atoms with E-state index in [9.17, 15) is 0 Å². The van der Waals surface area contributed by atoms with Crippen LogP contribution in [0.5, 0.6) is 0 Å². The average Bonchev–Trinajstić information content (AvgIpc) is 2.78. The molecule has 0 aliphatic carbocycles. The first-order chi connectivity index (χ1) is 9.34. The molecule has 0 aromatic carbocycles. The number of aromatic nitrogens is 3. The number of fused-ring (bicyclic) bond motifs is 1. The Balaban J connectivity index is 1.60. The molecule has 2 aromatic rings. The van der Waals surface area contributed by atoms with Crippen LogP contribution in [0.1, 0.15) is 18.7 Å². The number of hydrogen-bond donors (Lipinski definition) is 1. The average molecular weight is 260 g/mol. The minimum Gasteiger partial charge on any atom is -0.378 e. The first kappa shape index (κ1) is 12.6. The molecular weight excluding hydrogens is 240 g/mol. The van der Waals surface area contributed by atoms with E-state index in [4.69, 9.17) is 4.74 Å². The van der Waals surface area contributed by atoms with Gasteiger partial charge < -0.3 is 14.6 Å². The zero-order chi connectivity index (χ0) is 13.1. The molecule has 2 aromatic heterocycles. The van der Waals surface area contributed by atoms with Crippen molar-refractivity contribution in [2.75, 3.05) is 19.7 Å². The molecule has 0 atom stereocenters. The summed E-state index contributed by atoms with van der Waals surface area (Å²) < 4.78 is 8.03. The van der Waals surface area contributed by atoms with Crippen LogP contribution in [0.15, 0.2) is 18.3 Å². The van der Waals surface area contributed by atoms with Crippen molar-refractivity contribution in [2.45, 2.75) is 25.4 Å². The lowest BCUT2D eigenvalue weighted by Crippen LogP contribution is -2.32. The predicted molar refractivity (Wildman–Crippen MR) is 74.1 cm³/mol. The maximum atomic E-state index is 5.92. The van der Waals surface area contributed by atoms with Gasteiger partial charge in [-0.05, 0) is 38.1 Å². The third-order valence-corrected chi connectivity index (χ3v) is 3.71. The molecule has 1 aliphatic heterocycles. The molecule has 3 rings (SSSR count). The molecule has 0 radical (unpaired) electrons. The van der Waals surface area contributed by atoms with Gasteiger partial charge in [0.15, 0.2) is 5.65 Å². The summed E-state index contributed by atoms with van der Waals surface area (Å²) >= 11 is 0.